The highest BCUT2D eigenvalue weighted by molar-refractivity contribution is 7.91. The number of rotatable bonds is 3. The van der Waals surface area contributed by atoms with Crippen LogP contribution in [0.3, 0.4) is 0 Å². The standard InChI is InChI=1S/C12H19NO3S/c14-12-7-17(15,16)6-11(12)13-5-10-4-8-1-2-9(10)3-8/h1-2,8-14H,3-7H2/t8-,9+,10-,11+,12+/m0/s1. The fourth-order valence-electron chi connectivity index (χ4n) is 3.46. The first kappa shape index (κ1) is 11.7. The van der Waals surface area contributed by atoms with E-state index in [4.69, 9.17) is 0 Å². The van der Waals surface area contributed by atoms with Gasteiger partial charge in [-0.15, -0.1) is 0 Å². The van der Waals surface area contributed by atoms with Crippen molar-refractivity contribution in [3.05, 3.63) is 12.2 Å². The summed E-state index contributed by atoms with van der Waals surface area (Å²) in [5.74, 6) is 2.04. The molecule has 3 aliphatic rings. The average molecular weight is 257 g/mol. The molecule has 3 rings (SSSR count). The van der Waals surface area contributed by atoms with Crippen molar-refractivity contribution in [2.45, 2.75) is 25.0 Å². The van der Waals surface area contributed by atoms with E-state index in [9.17, 15) is 13.5 Å². The van der Waals surface area contributed by atoms with Crippen LogP contribution < -0.4 is 5.32 Å². The number of aliphatic hydroxyl groups is 1. The molecule has 0 aromatic heterocycles. The molecule has 1 aliphatic heterocycles. The molecule has 1 saturated carbocycles. The smallest absolute Gasteiger partial charge is 0.154 e. The Kier molecular flexibility index (Phi) is 2.80. The van der Waals surface area contributed by atoms with Gasteiger partial charge in [0.1, 0.15) is 0 Å². The summed E-state index contributed by atoms with van der Waals surface area (Å²) < 4.78 is 22.7. The molecule has 0 radical (unpaired) electrons. The first-order valence-corrected chi connectivity index (χ1v) is 8.16. The Morgan fingerprint density at radius 2 is 2.06 bits per heavy atom. The fourth-order valence-corrected chi connectivity index (χ4v) is 5.23. The number of hydrogen-bond donors (Lipinski definition) is 2. The minimum Gasteiger partial charge on any atom is -0.390 e. The van der Waals surface area contributed by atoms with E-state index in [-0.39, 0.29) is 17.5 Å². The Morgan fingerprint density at radius 3 is 2.59 bits per heavy atom. The Labute approximate surface area is 102 Å². The van der Waals surface area contributed by atoms with E-state index in [0.717, 1.165) is 12.5 Å². The fraction of sp³-hybridized carbons (Fsp3) is 0.833. The van der Waals surface area contributed by atoms with Gasteiger partial charge in [-0.25, -0.2) is 8.42 Å². The van der Waals surface area contributed by atoms with Crippen molar-refractivity contribution in [1.29, 1.82) is 0 Å². The number of nitrogens with one attached hydrogen (secondary N) is 1. The van der Waals surface area contributed by atoms with Crippen LogP contribution in [0, 0.1) is 17.8 Å². The van der Waals surface area contributed by atoms with Gasteiger partial charge in [0.05, 0.1) is 17.6 Å². The normalized spacial score (nSPS) is 46.8. The van der Waals surface area contributed by atoms with Crippen LogP contribution in [0.5, 0.6) is 0 Å². The summed E-state index contributed by atoms with van der Waals surface area (Å²) in [4.78, 5) is 0. The number of allylic oxidation sites excluding steroid dienone is 2. The molecule has 0 aromatic rings. The van der Waals surface area contributed by atoms with Crippen LogP contribution in [0.4, 0.5) is 0 Å². The number of aliphatic hydroxyl groups excluding tert-OH is 1. The van der Waals surface area contributed by atoms with Crippen LogP contribution in [0.15, 0.2) is 12.2 Å². The van der Waals surface area contributed by atoms with Gasteiger partial charge in [-0.2, -0.15) is 0 Å². The van der Waals surface area contributed by atoms with Crippen LogP contribution in [-0.4, -0.2) is 43.7 Å². The monoisotopic (exact) mass is 257 g/mol. The topological polar surface area (TPSA) is 66.4 Å². The third-order valence-corrected chi connectivity index (χ3v) is 6.10. The van der Waals surface area contributed by atoms with Gasteiger partial charge < -0.3 is 10.4 Å². The first-order chi connectivity index (χ1) is 8.03. The molecule has 4 nitrogen and oxygen atoms in total. The van der Waals surface area contributed by atoms with Gasteiger partial charge in [0.2, 0.25) is 0 Å². The van der Waals surface area contributed by atoms with Gasteiger partial charge in [0.15, 0.2) is 9.84 Å². The largest absolute Gasteiger partial charge is 0.390 e. The molecule has 2 aliphatic carbocycles. The van der Waals surface area contributed by atoms with Crippen molar-refractivity contribution in [2.24, 2.45) is 17.8 Å². The molecule has 17 heavy (non-hydrogen) atoms. The molecule has 2 bridgehead atoms. The zero-order valence-electron chi connectivity index (χ0n) is 9.75. The van der Waals surface area contributed by atoms with Crippen molar-refractivity contribution in [2.75, 3.05) is 18.1 Å². The Balaban J connectivity index is 1.54. The van der Waals surface area contributed by atoms with Crippen LogP contribution in [0.1, 0.15) is 12.8 Å². The zero-order valence-corrected chi connectivity index (χ0v) is 10.6. The van der Waals surface area contributed by atoms with Crippen molar-refractivity contribution in [1.82, 2.24) is 5.32 Å². The van der Waals surface area contributed by atoms with E-state index in [1.165, 1.54) is 12.8 Å². The molecule has 96 valence electrons. The second-order valence-electron chi connectivity index (χ2n) is 5.70. The maximum absolute atomic E-state index is 11.4. The molecule has 2 fully saturated rings. The minimum atomic E-state index is -3.03. The zero-order chi connectivity index (χ0) is 12.0. The van der Waals surface area contributed by atoms with Gasteiger partial charge in [-0.1, -0.05) is 12.2 Å². The highest BCUT2D eigenvalue weighted by Gasteiger charge is 2.39. The molecule has 1 saturated heterocycles. The Morgan fingerprint density at radius 1 is 1.24 bits per heavy atom. The van der Waals surface area contributed by atoms with Crippen molar-refractivity contribution in [3.8, 4) is 0 Å². The summed E-state index contributed by atoms with van der Waals surface area (Å²) in [5, 5.41) is 12.9. The van der Waals surface area contributed by atoms with Crippen molar-refractivity contribution in [3.63, 3.8) is 0 Å². The lowest BCUT2D eigenvalue weighted by atomic mass is 9.93. The molecular formula is C12H19NO3S. The summed E-state index contributed by atoms with van der Waals surface area (Å²) in [6.07, 6.45) is 6.34. The van der Waals surface area contributed by atoms with Crippen LogP contribution in [0.25, 0.3) is 0 Å². The number of sulfone groups is 1. The molecule has 1 heterocycles. The molecule has 2 N–H and O–H groups in total. The Bertz CT molecular complexity index is 431. The summed E-state index contributed by atoms with van der Waals surface area (Å²) in [5.41, 5.74) is 0. The third-order valence-electron chi connectivity index (χ3n) is 4.38. The first-order valence-electron chi connectivity index (χ1n) is 6.34. The summed E-state index contributed by atoms with van der Waals surface area (Å²) >= 11 is 0. The van der Waals surface area contributed by atoms with Crippen molar-refractivity contribution >= 4 is 9.84 Å². The molecule has 5 atom stereocenters. The third kappa shape index (κ3) is 2.28. The predicted octanol–water partition coefficient (Wildman–Crippen LogP) is -0.0539. The van der Waals surface area contributed by atoms with E-state index in [1.54, 1.807) is 0 Å². The predicted molar refractivity (Wildman–Crippen MR) is 65.3 cm³/mol. The van der Waals surface area contributed by atoms with Gasteiger partial charge >= 0.3 is 0 Å². The van der Waals surface area contributed by atoms with Gasteiger partial charge in [0, 0.05) is 6.04 Å². The van der Waals surface area contributed by atoms with E-state index >= 15 is 0 Å². The highest BCUT2D eigenvalue weighted by Crippen LogP contribution is 2.43. The van der Waals surface area contributed by atoms with E-state index < -0.39 is 15.9 Å². The summed E-state index contributed by atoms with van der Waals surface area (Å²) in [6.45, 7) is 0.836. The van der Waals surface area contributed by atoms with E-state index in [1.807, 2.05) is 0 Å². The lowest BCUT2D eigenvalue weighted by Crippen LogP contribution is -2.41. The maximum atomic E-state index is 11.4. The second-order valence-corrected chi connectivity index (χ2v) is 7.85. The van der Waals surface area contributed by atoms with Crippen LogP contribution >= 0.6 is 0 Å². The number of fused-ring (bicyclic) bond motifs is 2. The molecule has 5 heteroatoms. The van der Waals surface area contributed by atoms with Gasteiger partial charge in [-0.05, 0) is 37.1 Å². The van der Waals surface area contributed by atoms with Crippen molar-refractivity contribution < 1.29 is 13.5 Å². The highest BCUT2D eigenvalue weighted by atomic mass is 32.2. The molecular weight excluding hydrogens is 238 g/mol. The minimum absolute atomic E-state index is 0.0821. The maximum Gasteiger partial charge on any atom is 0.154 e. The van der Waals surface area contributed by atoms with E-state index in [2.05, 4.69) is 17.5 Å². The Hall–Kier alpha value is -0.390. The molecule has 0 spiro atoms. The molecule has 0 aromatic carbocycles. The summed E-state index contributed by atoms with van der Waals surface area (Å²) in [7, 11) is -3.03. The second kappa shape index (κ2) is 4.07. The molecule has 0 amide bonds. The lowest BCUT2D eigenvalue weighted by molar-refractivity contribution is 0.162. The lowest BCUT2D eigenvalue weighted by Gasteiger charge is -2.22. The van der Waals surface area contributed by atoms with Gasteiger partial charge in [0.25, 0.3) is 0 Å². The van der Waals surface area contributed by atoms with Gasteiger partial charge in [-0.3, -0.25) is 0 Å². The average Bonchev–Trinajstić information content (AvgIpc) is 2.89. The molecule has 0 unspecified atom stereocenters. The van der Waals surface area contributed by atoms with Crippen LogP contribution in [-0.2, 0) is 9.84 Å². The number of hydrogen-bond acceptors (Lipinski definition) is 4. The van der Waals surface area contributed by atoms with Crippen LogP contribution in [0.2, 0.25) is 0 Å². The van der Waals surface area contributed by atoms with E-state index in [0.29, 0.717) is 11.8 Å². The summed E-state index contributed by atoms with van der Waals surface area (Å²) in [6, 6.07) is -0.261. The SMILES string of the molecule is O=S1(=O)C[C@@H](O)[C@H](NC[C@@H]2C[C@H]3C=C[C@@H]2C3)C1. The quantitative estimate of drug-likeness (QED) is 0.696.